The van der Waals surface area contributed by atoms with Crippen molar-refractivity contribution in [1.82, 2.24) is 0 Å². The number of phenolic OH excluding ortho intramolecular Hbond substituents is 1. The van der Waals surface area contributed by atoms with Crippen LogP contribution in [0.5, 0.6) is 11.5 Å². The van der Waals surface area contributed by atoms with Crippen LogP contribution in [0.25, 0.3) is 0 Å². The molecule has 1 N–H and O–H groups in total. The maximum atomic E-state index is 10.5. The van der Waals surface area contributed by atoms with E-state index in [-0.39, 0.29) is 5.60 Å². The summed E-state index contributed by atoms with van der Waals surface area (Å²) in [4.78, 5) is 0. The third-order valence-electron chi connectivity index (χ3n) is 7.84. The largest absolute Gasteiger partial charge is 0.507 e. The van der Waals surface area contributed by atoms with E-state index in [1.165, 1.54) is 51.4 Å². The number of fused-ring (bicyclic) bond motifs is 1. The third-order valence-corrected chi connectivity index (χ3v) is 8.11. The monoisotopic (exact) mass is 464 g/mol. The number of ether oxygens (including phenoxy) is 1. The molecule has 0 aromatic heterocycles. The molecule has 1 aromatic carbocycles. The van der Waals surface area contributed by atoms with Crippen molar-refractivity contribution in [3.8, 4) is 11.5 Å². The van der Waals surface area contributed by atoms with E-state index in [1.54, 1.807) is 0 Å². The minimum absolute atomic E-state index is 0.116. The van der Waals surface area contributed by atoms with E-state index in [1.807, 2.05) is 6.92 Å². The average Bonchev–Trinajstić information content (AvgIpc) is 2.73. The van der Waals surface area contributed by atoms with Gasteiger partial charge in [-0.1, -0.05) is 72.6 Å². The molecule has 0 saturated heterocycles. The van der Waals surface area contributed by atoms with Crippen molar-refractivity contribution in [2.75, 3.05) is 0 Å². The first-order chi connectivity index (χ1) is 15.1. The topological polar surface area (TPSA) is 29.5 Å². The molecule has 1 aromatic rings. The fraction of sp³-hybridized carbons (Fsp3) is 0.793. The molecule has 1 heterocycles. The Morgan fingerprint density at radius 1 is 0.906 bits per heavy atom. The van der Waals surface area contributed by atoms with Crippen molar-refractivity contribution in [1.29, 1.82) is 0 Å². The van der Waals surface area contributed by atoms with Gasteiger partial charge in [0, 0.05) is 11.1 Å². The average molecular weight is 465 g/mol. The lowest BCUT2D eigenvalue weighted by molar-refractivity contribution is 0.0511. The van der Waals surface area contributed by atoms with Gasteiger partial charge in [0.2, 0.25) is 0 Å². The fourth-order valence-corrected chi connectivity index (χ4v) is 5.58. The van der Waals surface area contributed by atoms with Crippen LogP contribution >= 0.6 is 11.6 Å². The molecule has 3 atom stereocenters. The van der Waals surface area contributed by atoms with Gasteiger partial charge < -0.3 is 9.84 Å². The zero-order valence-electron chi connectivity index (χ0n) is 22.0. The van der Waals surface area contributed by atoms with Crippen molar-refractivity contribution in [2.45, 2.75) is 131 Å². The van der Waals surface area contributed by atoms with E-state index < -0.39 is 0 Å². The second kappa shape index (κ2) is 12.5. The number of alkyl halides is 1. The van der Waals surface area contributed by atoms with Gasteiger partial charge in [-0.2, -0.15) is 0 Å². The number of phenols is 1. The second-order valence-corrected chi connectivity index (χ2v) is 11.7. The molecule has 32 heavy (non-hydrogen) atoms. The van der Waals surface area contributed by atoms with E-state index in [2.05, 4.69) is 41.5 Å². The number of halogens is 1. The van der Waals surface area contributed by atoms with Gasteiger partial charge in [-0.25, -0.2) is 0 Å². The van der Waals surface area contributed by atoms with Crippen molar-refractivity contribution in [2.24, 2.45) is 17.8 Å². The summed E-state index contributed by atoms with van der Waals surface area (Å²) < 4.78 is 6.61. The molecule has 0 bridgehead atoms. The number of rotatable bonds is 13. The summed E-state index contributed by atoms with van der Waals surface area (Å²) in [5.74, 6) is 4.17. The molecular formula is C29H49ClO2. The number of benzene rings is 1. The number of hydrogen-bond donors (Lipinski definition) is 1. The summed E-state index contributed by atoms with van der Waals surface area (Å²) in [6, 6.07) is 0. The molecular weight excluding hydrogens is 416 g/mol. The first-order valence-corrected chi connectivity index (χ1v) is 13.7. The van der Waals surface area contributed by atoms with Gasteiger partial charge in [0.1, 0.15) is 17.1 Å². The predicted molar refractivity (Wildman–Crippen MR) is 139 cm³/mol. The van der Waals surface area contributed by atoms with Gasteiger partial charge >= 0.3 is 0 Å². The van der Waals surface area contributed by atoms with Crippen LogP contribution in [0.3, 0.4) is 0 Å². The Morgan fingerprint density at radius 2 is 1.47 bits per heavy atom. The van der Waals surface area contributed by atoms with Crippen LogP contribution in [0.15, 0.2) is 0 Å². The van der Waals surface area contributed by atoms with Crippen LogP contribution in [0, 0.1) is 31.6 Å². The highest BCUT2D eigenvalue weighted by Crippen LogP contribution is 2.45. The summed E-state index contributed by atoms with van der Waals surface area (Å²) >= 11 is 6.17. The van der Waals surface area contributed by atoms with E-state index in [0.29, 0.717) is 11.6 Å². The quantitative estimate of drug-likeness (QED) is 0.294. The lowest BCUT2D eigenvalue weighted by Crippen LogP contribution is -2.37. The minimum Gasteiger partial charge on any atom is -0.507 e. The Kier molecular flexibility index (Phi) is 10.7. The zero-order valence-corrected chi connectivity index (χ0v) is 22.7. The molecule has 0 fully saturated rings. The smallest absolute Gasteiger partial charge is 0.127 e. The zero-order chi connectivity index (χ0) is 23.9. The van der Waals surface area contributed by atoms with Gasteiger partial charge in [0.25, 0.3) is 0 Å². The second-order valence-electron chi connectivity index (χ2n) is 11.4. The Labute approximate surface area is 203 Å². The molecule has 1 aliphatic rings. The van der Waals surface area contributed by atoms with Crippen molar-refractivity contribution >= 4 is 11.6 Å². The molecule has 2 rings (SSSR count). The summed E-state index contributed by atoms with van der Waals surface area (Å²) in [7, 11) is 0. The van der Waals surface area contributed by atoms with Crippen LogP contribution < -0.4 is 4.74 Å². The van der Waals surface area contributed by atoms with Crippen LogP contribution in [0.2, 0.25) is 0 Å². The molecule has 3 unspecified atom stereocenters. The molecule has 3 heteroatoms. The molecule has 0 saturated carbocycles. The Hall–Kier alpha value is -0.890. The van der Waals surface area contributed by atoms with E-state index in [9.17, 15) is 5.11 Å². The lowest BCUT2D eigenvalue weighted by Gasteiger charge is -2.38. The van der Waals surface area contributed by atoms with Crippen LogP contribution in [-0.2, 0) is 12.3 Å². The lowest BCUT2D eigenvalue weighted by atomic mass is 9.83. The molecule has 1 aliphatic heterocycles. The molecule has 2 nitrogen and oxygen atoms in total. The van der Waals surface area contributed by atoms with Crippen molar-refractivity contribution in [3.63, 3.8) is 0 Å². The Bertz CT molecular complexity index is 727. The van der Waals surface area contributed by atoms with E-state index >= 15 is 0 Å². The minimum atomic E-state index is -0.116. The molecule has 0 radical (unpaired) electrons. The van der Waals surface area contributed by atoms with Gasteiger partial charge in [-0.15, -0.1) is 11.6 Å². The van der Waals surface area contributed by atoms with Gasteiger partial charge in [0.15, 0.2) is 0 Å². The molecule has 0 aliphatic carbocycles. The number of aromatic hydroxyl groups is 1. The highest BCUT2D eigenvalue weighted by Gasteiger charge is 2.34. The van der Waals surface area contributed by atoms with Crippen LogP contribution in [0.1, 0.15) is 121 Å². The maximum absolute atomic E-state index is 10.5. The van der Waals surface area contributed by atoms with Crippen molar-refractivity contribution in [3.05, 3.63) is 22.3 Å². The first-order valence-electron chi connectivity index (χ1n) is 13.2. The third kappa shape index (κ3) is 7.57. The summed E-state index contributed by atoms with van der Waals surface area (Å²) in [5.41, 5.74) is 3.83. The molecule has 0 spiro atoms. The van der Waals surface area contributed by atoms with Gasteiger partial charge in [0.05, 0.1) is 5.88 Å². The maximum Gasteiger partial charge on any atom is 0.127 e. The van der Waals surface area contributed by atoms with Gasteiger partial charge in [-0.3, -0.25) is 0 Å². The highest BCUT2D eigenvalue weighted by atomic mass is 35.5. The Balaban J connectivity index is 1.77. The Morgan fingerprint density at radius 3 is 2.03 bits per heavy atom. The summed E-state index contributed by atoms with van der Waals surface area (Å²) in [5, 5.41) is 10.5. The standard InChI is InChI=1S/C29H49ClO2/c1-20(2)11-8-12-21(3)13-9-14-22(4)15-10-17-29(7)18-16-25-26(19-30)27(31)23(5)24(6)28(25)32-29/h20-22,31H,8-19H2,1-7H3. The van der Waals surface area contributed by atoms with E-state index in [0.717, 1.165) is 65.0 Å². The highest BCUT2D eigenvalue weighted by molar-refractivity contribution is 6.17. The predicted octanol–water partition coefficient (Wildman–Crippen LogP) is 9.27. The van der Waals surface area contributed by atoms with Crippen LogP contribution in [0.4, 0.5) is 0 Å². The summed E-state index contributed by atoms with van der Waals surface area (Å²) in [6.07, 6.45) is 13.8. The van der Waals surface area contributed by atoms with E-state index in [4.69, 9.17) is 16.3 Å². The van der Waals surface area contributed by atoms with Crippen molar-refractivity contribution < 1.29 is 9.84 Å². The van der Waals surface area contributed by atoms with Gasteiger partial charge in [-0.05, 0) is 75.3 Å². The first kappa shape index (κ1) is 27.4. The SMILES string of the molecule is Cc1c(C)c2c(c(CCl)c1O)CCC(C)(CCCC(C)CCCC(C)CCCC(C)C)O2. The molecule has 0 amide bonds. The molecule has 184 valence electrons. The summed E-state index contributed by atoms with van der Waals surface area (Å²) in [6.45, 7) is 15.8. The normalized spacial score (nSPS) is 20.2. The van der Waals surface area contributed by atoms with Crippen LogP contribution in [-0.4, -0.2) is 10.7 Å². The fourth-order valence-electron chi connectivity index (χ4n) is 5.29. The number of hydrogen-bond acceptors (Lipinski definition) is 2.